The highest BCUT2D eigenvalue weighted by Crippen LogP contribution is 2.42. The van der Waals surface area contributed by atoms with E-state index in [4.69, 9.17) is 5.73 Å². The summed E-state index contributed by atoms with van der Waals surface area (Å²) >= 11 is 0. The van der Waals surface area contributed by atoms with Gasteiger partial charge in [-0.05, 0) is 36.5 Å². The second-order valence-electron chi connectivity index (χ2n) is 4.89. The summed E-state index contributed by atoms with van der Waals surface area (Å²) in [6.07, 6.45) is 0.0245. The maximum atomic E-state index is 13.0. The summed E-state index contributed by atoms with van der Waals surface area (Å²) in [5.41, 5.74) is 6.91. The highest BCUT2D eigenvalue weighted by molar-refractivity contribution is 5.41. The summed E-state index contributed by atoms with van der Waals surface area (Å²) in [5, 5.41) is 9.98. The van der Waals surface area contributed by atoms with Gasteiger partial charge in [0.2, 0.25) is 5.92 Å². The van der Waals surface area contributed by atoms with Crippen LogP contribution in [0.3, 0.4) is 0 Å². The Kier molecular flexibility index (Phi) is 3.33. The van der Waals surface area contributed by atoms with Crippen molar-refractivity contribution in [3.8, 4) is 0 Å². The molecule has 0 heterocycles. The summed E-state index contributed by atoms with van der Waals surface area (Å²) in [5.74, 6) is -2.64. The molecule has 2 unspecified atom stereocenters. The van der Waals surface area contributed by atoms with E-state index in [1.165, 1.54) is 0 Å². The summed E-state index contributed by atoms with van der Waals surface area (Å²) in [7, 11) is 0. The molecule has 0 aromatic heterocycles. The number of alkyl halides is 2. The second-order valence-corrected chi connectivity index (χ2v) is 4.89. The van der Waals surface area contributed by atoms with Crippen LogP contribution in [0.25, 0.3) is 0 Å². The van der Waals surface area contributed by atoms with Gasteiger partial charge in [0.25, 0.3) is 0 Å². The minimum absolute atomic E-state index is 0.0543. The number of rotatable bonds is 3. The largest absolute Gasteiger partial charge is 0.399 e. The van der Waals surface area contributed by atoms with E-state index in [-0.39, 0.29) is 18.8 Å². The van der Waals surface area contributed by atoms with Gasteiger partial charge in [-0.15, -0.1) is 0 Å². The van der Waals surface area contributed by atoms with Crippen molar-refractivity contribution in [3.05, 3.63) is 29.8 Å². The minimum Gasteiger partial charge on any atom is -0.399 e. The Labute approximate surface area is 99.4 Å². The summed E-state index contributed by atoms with van der Waals surface area (Å²) in [4.78, 5) is 0. The molecule has 0 amide bonds. The molecule has 4 heteroatoms. The third-order valence-electron chi connectivity index (χ3n) is 3.36. The van der Waals surface area contributed by atoms with Crippen molar-refractivity contribution in [1.82, 2.24) is 0 Å². The van der Waals surface area contributed by atoms with Gasteiger partial charge < -0.3 is 10.8 Å². The molecule has 0 radical (unpaired) electrons. The average molecular weight is 241 g/mol. The number of aliphatic hydroxyl groups excluding tert-OH is 1. The number of hydrogen-bond donors (Lipinski definition) is 2. The smallest absolute Gasteiger partial charge is 0.248 e. The van der Waals surface area contributed by atoms with Crippen LogP contribution in [0.1, 0.15) is 37.4 Å². The molecular weight excluding hydrogens is 224 g/mol. The Morgan fingerprint density at radius 3 is 2.82 bits per heavy atom. The number of anilines is 1. The van der Waals surface area contributed by atoms with Crippen LogP contribution in [0.2, 0.25) is 0 Å². The van der Waals surface area contributed by atoms with Crippen LogP contribution in [-0.4, -0.2) is 11.0 Å². The number of hydrogen-bond acceptors (Lipinski definition) is 2. The van der Waals surface area contributed by atoms with Crippen LogP contribution in [0.5, 0.6) is 0 Å². The van der Waals surface area contributed by atoms with Crippen molar-refractivity contribution in [2.24, 2.45) is 5.92 Å². The number of benzene rings is 1. The summed E-state index contributed by atoms with van der Waals surface area (Å²) in [6.45, 7) is 0. The van der Waals surface area contributed by atoms with Crippen molar-refractivity contribution in [1.29, 1.82) is 0 Å². The van der Waals surface area contributed by atoms with Crippen molar-refractivity contribution in [3.63, 3.8) is 0 Å². The molecule has 3 N–H and O–H groups in total. The minimum atomic E-state index is -2.54. The van der Waals surface area contributed by atoms with Crippen LogP contribution < -0.4 is 5.73 Å². The van der Waals surface area contributed by atoms with Gasteiger partial charge in [0.15, 0.2) is 0 Å². The van der Waals surface area contributed by atoms with E-state index < -0.39 is 12.0 Å². The Balaban J connectivity index is 1.96. The number of halogens is 2. The van der Waals surface area contributed by atoms with Gasteiger partial charge in [-0.1, -0.05) is 12.1 Å². The first-order valence-corrected chi connectivity index (χ1v) is 5.87. The third kappa shape index (κ3) is 3.16. The molecule has 1 aromatic carbocycles. The lowest BCUT2D eigenvalue weighted by molar-refractivity contribution is 0.00254. The Morgan fingerprint density at radius 2 is 2.24 bits per heavy atom. The molecule has 1 fully saturated rings. The fourth-order valence-corrected chi connectivity index (χ4v) is 2.46. The zero-order chi connectivity index (χ0) is 12.5. The van der Waals surface area contributed by atoms with E-state index >= 15 is 0 Å². The summed E-state index contributed by atoms with van der Waals surface area (Å²) in [6, 6.07) is 6.96. The van der Waals surface area contributed by atoms with Crippen LogP contribution in [0.15, 0.2) is 24.3 Å². The monoisotopic (exact) mass is 241 g/mol. The van der Waals surface area contributed by atoms with Crippen LogP contribution in [0, 0.1) is 5.92 Å². The molecule has 1 saturated carbocycles. The fourth-order valence-electron chi connectivity index (χ4n) is 2.46. The lowest BCUT2D eigenvalue weighted by Crippen LogP contribution is -2.11. The molecule has 94 valence electrons. The first-order chi connectivity index (χ1) is 7.96. The molecule has 1 aromatic rings. The van der Waals surface area contributed by atoms with Gasteiger partial charge in [-0.3, -0.25) is 0 Å². The summed E-state index contributed by atoms with van der Waals surface area (Å²) < 4.78 is 26.0. The van der Waals surface area contributed by atoms with Crippen molar-refractivity contribution < 1.29 is 13.9 Å². The molecule has 0 bridgehead atoms. The van der Waals surface area contributed by atoms with Gasteiger partial charge in [-0.25, -0.2) is 8.78 Å². The van der Waals surface area contributed by atoms with Crippen molar-refractivity contribution in [2.75, 3.05) is 5.73 Å². The predicted molar refractivity (Wildman–Crippen MR) is 62.7 cm³/mol. The molecular formula is C13H17F2NO. The molecule has 2 atom stereocenters. The fraction of sp³-hybridized carbons (Fsp3) is 0.538. The zero-order valence-corrected chi connectivity index (χ0v) is 9.57. The molecule has 2 rings (SSSR count). The predicted octanol–water partition coefficient (Wildman–Crippen LogP) is 3.13. The van der Waals surface area contributed by atoms with Crippen molar-refractivity contribution in [2.45, 2.75) is 37.7 Å². The average Bonchev–Trinajstić information content (AvgIpc) is 2.58. The van der Waals surface area contributed by atoms with E-state index in [2.05, 4.69) is 0 Å². The molecule has 1 aliphatic carbocycles. The lowest BCUT2D eigenvalue weighted by atomic mass is 9.95. The van der Waals surface area contributed by atoms with Crippen molar-refractivity contribution >= 4 is 5.69 Å². The SMILES string of the molecule is Nc1cccc(C(O)CC2CCC(F)(F)C2)c1. The van der Waals surface area contributed by atoms with Gasteiger partial charge in [0.05, 0.1) is 6.10 Å². The van der Waals surface area contributed by atoms with Crippen LogP contribution in [-0.2, 0) is 0 Å². The normalized spacial score (nSPS) is 24.8. The first-order valence-electron chi connectivity index (χ1n) is 5.87. The lowest BCUT2D eigenvalue weighted by Gasteiger charge is -2.16. The zero-order valence-electron chi connectivity index (χ0n) is 9.57. The second kappa shape index (κ2) is 4.61. The number of aliphatic hydroxyl groups is 1. The van der Waals surface area contributed by atoms with E-state index in [9.17, 15) is 13.9 Å². The Bertz CT molecular complexity index is 395. The van der Waals surface area contributed by atoms with Gasteiger partial charge in [-0.2, -0.15) is 0 Å². The number of nitrogen functional groups attached to an aromatic ring is 1. The third-order valence-corrected chi connectivity index (χ3v) is 3.36. The highest BCUT2D eigenvalue weighted by Gasteiger charge is 2.39. The van der Waals surface area contributed by atoms with E-state index in [0.29, 0.717) is 24.1 Å². The molecule has 0 aliphatic heterocycles. The molecule has 2 nitrogen and oxygen atoms in total. The maximum absolute atomic E-state index is 13.0. The van der Waals surface area contributed by atoms with Gasteiger partial charge in [0.1, 0.15) is 0 Å². The van der Waals surface area contributed by atoms with Crippen LogP contribution >= 0.6 is 0 Å². The molecule has 0 spiro atoms. The Morgan fingerprint density at radius 1 is 1.47 bits per heavy atom. The molecule has 17 heavy (non-hydrogen) atoms. The first kappa shape index (κ1) is 12.3. The number of nitrogens with two attached hydrogens (primary N) is 1. The molecule has 0 saturated heterocycles. The van der Waals surface area contributed by atoms with E-state index in [0.717, 1.165) is 0 Å². The highest BCUT2D eigenvalue weighted by atomic mass is 19.3. The standard InChI is InChI=1S/C13H17F2NO/c14-13(15)5-4-9(8-13)6-12(17)10-2-1-3-11(16)7-10/h1-3,7,9,12,17H,4-6,8,16H2. The van der Waals surface area contributed by atoms with E-state index in [1.807, 2.05) is 0 Å². The van der Waals surface area contributed by atoms with Gasteiger partial charge >= 0.3 is 0 Å². The molecule has 1 aliphatic rings. The van der Waals surface area contributed by atoms with Gasteiger partial charge in [0, 0.05) is 18.5 Å². The Hall–Kier alpha value is -1.16. The topological polar surface area (TPSA) is 46.2 Å². The van der Waals surface area contributed by atoms with E-state index in [1.54, 1.807) is 24.3 Å². The maximum Gasteiger partial charge on any atom is 0.248 e. The van der Waals surface area contributed by atoms with Crippen LogP contribution in [0.4, 0.5) is 14.5 Å². The quantitative estimate of drug-likeness (QED) is 0.799.